The summed E-state index contributed by atoms with van der Waals surface area (Å²) in [4.78, 5) is 33.2. The fraction of sp³-hybridized carbons (Fsp3) is 0.591. The predicted molar refractivity (Wildman–Crippen MR) is 116 cm³/mol. The number of carbonyl (C=O) groups excluding carboxylic acids is 2. The number of carboxylic acids is 1. The number of carbonyl (C=O) groups is 3. The highest BCUT2D eigenvalue weighted by Crippen LogP contribution is 2.00. The Labute approximate surface area is 188 Å². The van der Waals surface area contributed by atoms with Gasteiger partial charge < -0.3 is 34.7 Å². The zero-order valence-corrected chi connectivity index (χ0v) is 18.4. The second-order valence-corrected chi connectivity index (χ2v) is 6.78. The minimum absolute atomic E-state index is 0.0100. The molecule has 0 radical (unpaired) electrons. The van der Waals surface area contributed by atoms with Crippen LogP contribution in [0.15, 0.2) is 30.3 Å². The van der Waals surface area contributed by atoms with Crippen molar-refractivity contribution in [2.24, 2.45) is 0 Å². The van der Waals surface area contributed by atoms with E-state index in [1.54, 1.807) is 0 Å². The van der Waals surface area contributed by atoms with Gasteiger partial charge in [-0.3, -0.25) is 9.59 Å². The summed E-state index contributed by atoms with van der Waals surface area (Å²) >= 11 is 0. The van der Waals surface area contributed by atoms with E-state index in [0.717, 1.165) is 5.56 Å². The van der Waals surface area contributed by atoms with Crippen LogP contribution in [0, 0.1) is 0 Å². The highest BCUT2D eigenvalue weighted by atomic mass is 16.6. The molecule has 0 atom stereocenters. The summed E-state index contributed by atoms with van der Waals surface area (Å²) in [5.74, 6) is -1.25. The molecule has 10 heteroatoms. The van der Waals surface area contributed by atoms with Crippen LogP contribution in [0.5, 0.6) is 0 Å². The number of rotatable bonds is 19. The summed E-state index contributed by atoms with van der Waals surface area (Å²) in [5, 5.41) is 13.8. The SMILES string of the molecule is O=C(O)CCC(=O)NCCCOCCOCCOCCCNC(=O)OCc1ccccc1. The second-order valence-electron chi connectivity index (χ2n) is 6.78. The quantitative estimate of drug-likeness (QED) is 0.269. The number of benzene rings is 1. The molecule has 32 heavy (non-hydrogen) atoms. The third-order valence-electron chi connectivity index (χ3n) is 4.05. The average molecular weight is 455 g/mol. The van der Waals surface area contributed by atoms with Gasteiger partial charge in [0.1, 0.15) is 6.61 Å². The molecule has 0 bridgehead atoms. The van der Waals surface area contributed by atoms with Crippen molar-refractivity contribution in [3.05, 3.63) is 35.9 Å². The van der Waals surface area contributed by atoms with Gasteiger partial charge in [-0.05, 0) is 18.4 Å². The minimum Gasteiger partial charge on any atom is -0.481 e. The molecular weight excluding hydrogens is 420 g/mol. The molecule has 10 nitrogen and oxygen atoms in total. The zero-order chi connectivity index (χ0) is 23.3. The number of amides is 2. The van der Waals surface area contributed by atoms with Gasteiger partial charge >= 0.3 is 12.1 Å². The first-order valence-electron chi connectivity index (χ1n) is 10.7. The molecule has 1 aromatic carbocycles. The topological polar surface area (TPSA) is 132 Å². The van der Waals surface area contributed by atoms with Crippen molar-refractivity contribution >= 4 is 18.0 Å². The van der Waals surface area contributed by atoms with Gasteiger partial charge in [-0.25, -0.2) is 4.79 Å². The van der Waals surface area contributed by atoms with E-state index in [4.69, 9.17) is 24.1 Å². The highest BCUT2D eigenvalue weighted by Gasteiger charge is 2.04. The lowest BCUT2D eigenvalue weighted by Crippen LogP contribution is -2.26. The first kappa shape index (κ1) is 27.3. The summed E-state index contributed by atoms with van der Waals surface area (Å²) in [6.07, 6.45) is 0.706. The monoisotopic (exact) mass is 454 g/mol. The summed E-state index contributed by atoms with van der Waals surface area (Å²) in [5.41, 5.74) is 0.940. The van der Waals surface area contributed by atoms with E-state index < -0.39 is 12.1 Å². The molecule has 0 unspecified atom stereocenters. The molecule has 0 aliphatic rings. The van der Waals surface area contributed by atoms with Crippen LogP contribution >= 0.6 is 0 Å². The van der Waals surface area contributed by atoms with Gasteiger partial charge in [0, 0.05) is 32.7 Å². The molecule has 0 aliphatic heterocycles. The van der Waals surface area contributed by atoms with Crippen molar-refractivity contribution in [2.75, 3.05) is 52.7 Å². The lowest BCUT2D eigenvalue weighted by molar-refractivity contribution is -0.138. The number of ether oxygens (including phenoxy) is 4. The smallest absolute Gasteiger partial charge is 0.407 e. The maximum Gasteiger partial charge on any atom is 0.407 e. The largest absolute Gasteiger partial charge is 0.481 e. The van der Waals surface area contributed by atoms with Crippen LogP contribution in [0.3, 0.4) is 0 Å². The lowest BCUT2D eigenvalue weighted by Gasteiger charge is -2.08. The molecular formula is C22H34N2O8. The molecule has 0 aliphatic carbocycles. The molecule has 0 heterocycles. The number of aliphatic carboxylic acids is 1. The molecule has 0 aromatic heterocycles. The van der Waals surface area contributed by atoms with Gasteiger partial charge in [-0.2, -0.15) is 0 Å². The summed E-state index contributed by atoms with van der Waals surface area (Å²) < 4.78 is 21.3. The van der Waals surface area contributed by atoms with Crippen molar-refractivity contribution in [3.8, 4) is 0 Å². The van der Waals surface area contributed by atoms with Crippen molar-refractivity contribution in [1.29, 1.82) is 0 Å². The van der Waals surface area contributed by atoms with Crippen LogP contribution in [0.2, 0.25) is 0 Å². The zero-order valence-electron chi connectivity index (χ0n) is 18.4. The van der Waals surface area contributed by atoms with Crippen LogP contribution in [-0.4, -0.2) is 75.8 Å². The number of carboxylic acid groups (broad SMARTS) is 1. The molecule has 0 spiro atoms. The fourth-order valence-corrected chi connectivity index (χ4v) is 2.39. The van der Waals surface area contributed by atoms with E-state index in [1.807, 2.05) is 30.3 Å². The van der Waals surface area contributed by atoms with Gasteiger partial charge in [0.2, 0.25) is 5.91 Å². The maximum atomic E-state index is 11.6. The van der Waals surface area contributed by atoms with Gasteiger partial charge in [0.25, 0.3) is 0 Å². The van der Waals surface area contributed by atoms with Crippen molar-refractivity contribution in [3.63, 3.8) is 0 Å². The maximum absolute atomic E-state index is 11.6. The number of hydrogen-bond donors (Lipinski definition) is 3. The number of alkyl carbamates (subject to hydrolysis) is 1. The molecule has 1 aromatic rings. The van der Waals surface area contributed by atoms with Crippen molar-refractivity contribution in [1.82, 2.24) is 10.6 Å². The summed E-state index contributed by atoms with van der Waals surface area (Å²) in [6.45, 7) is 3.98. The van der Waals surface area contributed by atoms with E-state index in [1.165, 1.54) is 0 Å². The molecule has 0 saturated heterocycles. The average Bonchev–Trinajstić information content (AvgIpc) is 2.79. The molecule has 1 rings (SSSR count). The molecule has 180 valence electrons. The standard InChI is InChI=1S/C22H34N2O8/c25-20(8-9-21(26)27)23-10-4-12-29-14-16-31-17-15-30-13-5-11-24-22(28)32-18-19-6-2-1-3-7-19/h1-3,6-7H,4-5,8-18H2,(H,23,25)(H,24,28)(H,26,27). The van der Waals surface area contributed by atoms with E-state index in [2.05, 4.69) is 10.6 Å². The van der Waals surface area contributed by atoms with E-state index >= 15 is 0 Å². The van der Waals surface area contributed by atoms with E-state index in [-0.39, 0.29) is 25.4 Å². The Morgan fingerprint density at radius 2 is 1.31 bits per heavy atom. The molecule has 0 saturated carbocycles. The Kier molecular flexibility index (Phi) is 16.3. The van der Waals surface area contributed by atoms with Crippen molar-refractivity contribution < 1.29 is 38.4 Å². The number of nitrogens with one attached hydrogen (secondary N) is 2. The van der Waals surface area contributed by atoms with Gasteiger partial charge in [0.15, 0.2) is 0 Å². The summed E-state index contributed by atoms with van der Waals surface area (Å²) in [7, 11) is 0. The first-order valence-corrected chi connectivity index (χ1v) is 10.7. The van der Waals surface area contributed by atoms with Crippen LogP contribution in [0.25, 0.3) is 0 Å². The van der Waals surface area contributed by atoms with Crippen LogP contribution in [-0.2, 0) is 35.1 Å². The van der Waals surface area contributed by atoms with E-state index in [0.29, 0.717) is 65.6 Å². The Balaban J connectivity index is 1.76. The predicted octanol–water partition coefficient (Wildman–Crippen LogP) is 1.72. The normalized spacial score (nSPS) is 10.5. The Hall–Kier alpha value is -2.69. The Bertz CT molecular complexity index is 642. The number of hydrogen-bond acceptors (Lipinski definition) is 7. The van der Waals surface area contributed by atoms with E-state index in [9.17, 15) is 14.4 Å². The molecule has 0 fully saturated rings. The highest BCUT2D eigenvalue weighted by molar-refractivity contribution is 5.80. The molecule has 3 N–H and O–H groups in total. The second kappa shape index (κ2) is 19.0. The van der Waals surface area contributed by atoms with Gasteiger partial charge in [-0.1, -0.05) is 30.3 Å². The van der Waals surface area contributed by atoms with Crippen molar-refractivity contribution in [2.45, 2.75) is 32.3 Å². The first-order chi connectivity index (χ1) is 15.6. The Morgan fingerprint density at radius 3 is 1.91 bits per heavy atom. The third kappa shape index (κ3) is 17.0. The van der Waals surface area contributed by atoms with Crippen LogP contribution in [0.1, 0.15) is 31.2 Å². The lowest BCUT2D eigenvalue weighted by atomic mass is 10.2. The minimum atomic E-state index is -0.984. The molecule has 2 amide bonds. The van der Waals surface area contributed by atoms with Crippen LogP contribution in [0.4, 0.5) is 4.79 Å². The van der Waals surface area contributed by atoms with Crippen LogP contribution < -0.4 is 10.6 Å². The summed E-state index contributed by atoms with van der Waals surface area (Å²) in [6, 6.07) is 9.48. The third-order valence-corrected chi connectivity index (χ3v) is 4.05. The fourth-order valence-electron chi connectivity index (χ4n) is 2.39. The Morgan fingerprint density at radius 1 is 0.750 bits per heavy atom. The van der Waals surface area contributed by atoms with Gasteiger partial charge in [0.05, 0.1) is 32.8 Å². The van der Waals surface area contributed by atoms with Gasteiger partial charge in [-0.15, -0.1) is 0 Å².